The third kappa shape index (κ3) is 3.63. The van der Waals surface area contributed by atoms with Gasteiger partial charge in [0.15, 0.2) is 11.7 Å². The normalized spacial score (nSPS) is 10.1. The highest BCUT2D eigenvalue weighted by atomic mass is 35.5. The number of ether oxygens (including phenoxy) is 1. The maximum Gasteiger partial charge on any atom is 0.343 e. The lowest BCUT2D eigenvalue weighted by Gasteiger charge is -2.03. The number of thiophene rings is 1. The summed E-state index contributed by atoms with van der Waals surface area (Å²) >= 11 is 12.8. The van der Waals surface area contributed by atoms with Gasteiger partial charge in [-0.05, 0) is 24.3 Å². The Morgan fingerprint density at radius 3 is 2.35 bits per heavy atom. The van der Waals surface area contributed by atoms with E-state index in [1.54, 1.807) is 24.3 Å². The first-order valence-corrected chi connectivity index (χ1v) is 6.89. The molecule has 8 heteroatoms. The maximum atomic E-state index is 11.9. The van der Waals surface area contributed by atoms with Crippen molar-refractivity contribution in [3.63, 3.8) is 0 Å². The van der Waals surface area contributed by atoms with Gasteiger partial charge in [-0.1, -0.05) is 23.2 Å². The molecule has 4 N–H and O–H groups in total. The summed E-state index contributed by atoms with van der Waals surface area (Å²) in [6, 6.07) is 7.77. The molecule has 0 saturated carbocycles. The van der Waals surface area contributed by atoms with Gasteiger partial charge in [-0.3, -0.25) is 0 Å². The topological polar surface area (TPSA) is 90.7 Å². The highest BCUT2D eigenvalue weighted by Crippen LogP contribution is 2.37. The lowest BCUT2D eigenvalue weighted by atomic mass is 10.2. The fraction of sp³-hybridized carbons (Fsp3) is 0. The van der Waals surface area contributed by atoms with Gasteiger partial charge in [0.1, 0.15) is 4.34 Å². The van der Waals surface area contributed by atoms with Gasteiger partial charge in [0, 0.05) is 6.07 Å². The lowest BCUT2D eigenvalue weighted by molar-refractivity contribution is 0.0735. The predicted octanol–water partition coefficient (Wildman–Crippen LogP) is 3.18. The Kier molecular flexibility index (Phi) is 4.49. The first-order chi connectivity index (χ1) is 9.45. The second-order valence-corrected chi connectivity index (χ2v) is 5.95. The number of benzene rings is 1. The summed E-state index contributed by atoms with van der Waals surface area (Å²) in [5, 5.41) is 0. The third-order valence-corrected chi connectivity index (χ3v) is 3.64. The molecule has 0 bridgehead atoms. The van der Waals surface area contributed by atoms with E-state index in [2.05, 4.69) is 4.99 Å². The monoisotopic (exact) mass is 329 g/mol. The van der Waals surface area contributed by atoms with Crippen molar-refractivity contribution in [1.82, 2.24) is 0 Å². The fourth-order valence-electron chi connectivity index (χ4n) is 1.37. The predicted molar refractivity (Wildman–Crippen MR) is 81.2 cm³/mol. The van der Waals surface area contributed by atoms with Crippen molar-refractivity contribution < 1.29 is 9.53 Å². The first-order valence-electron chi connectivity index (χ1n) is 5.32. The van der Waals surface area contributed by atoms with E-state index < -0.39 is 5.97 Å². The molecule has 0 amide bonds. The molecular formula is C12H9Cl2N3O2S. The van der Waals surface area contributed by atoms with Crippen molar-refractivity contribution in [2.24, 2.45) is 16.5 Å². The van der Waals surface area contributed by atoms with Gasteiger partial charge in [-0.25, -0.2) is 9.79 Å². The average Bonchev–Trinajstić information content (AvgIpc) is 2.68. The summed E-state index contributed by atoms with van der Waals surface area (Å²) in [4.78, 5) is 15.7. The Hall–Kier alpha value is -1.76. The number of carbonyl (C=O) groups is 1. The molecule has 0 radical (unpaired) electrons. The van der Waals surface area contributed by atoms with Gasteiger partial charge in [0.2, 0.25) is 0 Å². The van der Waals surface area contributed by atoms with Crippen LogP contribution in [0.25, 0.3) is 0 Å². The highest BCUT2D eigenvalue weighted by molar-refractivity contribution is 7.20. The zero-order valence-corrected chi connectivity index (χ0v) is 12.3. The van der Waals surface area contributed by atoms with Crippen molar-refractivity contribution in [3.05, 3.63) is 44.6 Å². The van der Waals surface area contributed by atoms with Gasteiger partial charge in [-0.2, -0.15) is 0 Å². The lowest BCUT2D eigenvalue weighted by Crippen LogP contribution is -2.21. The van der Waals surface area contributed by atoms with Crippen LogP contribution in [0, 0.1) is 0 Å². The molecule has 0 aliphatic heterocycles. The average molecular weight is 330 g/mol. The molecule has 1 aromatic heterocycles. The zero-order chi connectivity index (χ0) is 14.7. The standard InChI is InChI=1S/C12H9Cl2N3O2S/c13-9-5-8(10(14)20-9)19-11(18)6-1-3-7(4-2-6)17-12(15)16/h1-5H,(H4,15,16,17). The second kappa shape index (κ2) is 6.13. The minimum absolute atomic E-state index is 0.0555. The Balaban J connectivity index is 2.13. The van der Waals surface area contributed by atoms with E-state index in [1.165, 1.54) is 6.07 Å². The summed E-state index contributed by atoms with van der Waals surface area (Å²) in [7, 11) is 0. The summed E-state index contributed by atoms with van der Waals surface area (Å²) in [5.74, 6) is -0.363. The number of hydrogen-bond acceptors (Lipinski definition) is 4. The van der Waals surface area contributed by atoms with E-state index in [4.69, 9.17) is 39.4 Å². The van der Waals surface area contributed by atoms with Crippen LogP contribution >= 0.6 is 34.5 Å². The Morgan fingerprint density at radius 1 is 1.20 bits per heavy atom. The van der Waals surface area contributed by atoms with E-state index in [9.17, 15) is 4.79 Å². The van der Waals surface area contributed by atoms with Crippen LogP contribution < -0.4 is 16.2 Å². The Labute approximate surface area is 128 Å². The first kappa shape index (κ1) is 14.6. The zero-order valence-electron chi connectivity index (χ0n) is 9.97. The van der Waals surface area contributed by atoms with Crippen LogP contribution in [-0.2, 0) is 0 Å². The number of nitrogens with zero attached hydrogens (tertiary/aromatic N) is 1. The van der Waals surface area contributed by atoms with Crippen molar-refractivity contribution in [1.29, 1.82) is 0 Å². The molecule has 0 atom stereocenters. The van der Waals surface area contributed by atoms with Crippen molar-refractivity contribution in [3.8, 4) is 5.75 Å². The van der Waals surface area contributed by atoms with Crippen molar-refractivity contribution in [2.75, 3.05) is 0 Å². The molecule has 0 saturated heterocycles. The molecule has 0 aliphatic rings. The second-order valence-electron chi connectivity index (χ2n) is 3.66. The summed E-state index contributed by atoms with van der Waals surface area (Å²) in [5.41, 5.74) is 11.4. The molecule has 2 aromatic rings. The van der Waals surface area contributed by atoms with Crippen LogP contribution in [0.15, 0.2) is 35.3 Å². The summed E-state index contributed by atoms with van der Waals surface area (Å²) in [6.45, 7) is 0. The van der Waals surface area contributed by atoms with Gasteiger partial charge >= 0.3 is 5.97 Å². The van der Waals surface area contributed by atoms with Gasteiger partial charge in [0.05, 0.1) is 15.6 Å². The number of aliphatic imine (C=N–C) groups is 1. The number of guanidine groups is 1. The number of rotatable bonds is 3. The van der Waals surface area contributed by atoms with Crippen LogP contribution in [0.4, 0.5) is 5.69 Å². The molecule has 0 aliphatic carbocycles. The molecule has 0 spiro atoms. The number of carbonyl (C=O) groups excluding carboxylic acids is 1. The van der Waals surface area contributed by atoms with Gasteiger partial charge in [0.25, 0.3) is 0 Å². The van der Waals surface area contributed by atoms with E-state index in [1.807, 2.05) is 0 Å². The SMILES string of the molecule is NC(N)=Nc1ccc(C(=O)Oc2cc(Cl)sc2Cl)cc1. The molecule has 20 heavy (non-hydrogen) atoms. The minimum Gasteiger partial charge on any atom is -0.420 e. The quantitative estimate of drug-likeness (QED) is 0.514. The molecule has 1 heterocycles. The van der Waals surface area contributed by atoms with E-state index in [0.29, 0.717) is 19.9 Å². The van der Waals surface area contributed by atoms with Crippen LogP contribution in [0.5, 0.6) is 5.75 Å². The van der Waals surface area contributed by atoms with Gasteiger partial charge in [-0.15, -0.1) is 11.3 Å². The Bertz CT molecular complexity index is 664. The number of esters is 1. The molecule has 1 aromatic carbocycles. The number of halogens is 2. The van der Waals surface area contributed by atoms with E-state index in [-0.39, 0.29) is 11.7 Å². The third-order valence-electron chi connectivity index (χ3n) is 2.19. The highest BCUT2D eigenvalue weighted by Gasteiger charge is 2.13. The maximum absolute atomic E-state index is 11.9. The largest absolute Gasteiger partial charge is 0.420 e. The molecular weight excluding hydrogens is 321 g/mol. The van der Waals surface area contributed by atoms with Crippen LogP contribution in [-0.4, -0.2) is 11.9 Å². The molecule has 2 rings (SSSR count). The fourth-order valence-corrected chi connectivity index (χ4v) is 2.70. The van der Waals surface area contributed by atoms with Crippen molar-refractivity contribution in [2.45, 2.75) is 0 Å². The number of hydrogen-bond donors (Lipinski definition) is 2. The summed E-state index contributed by atoms with van der Waals surface area (Å²) < 4.78 is 5.91. The minimum atomic E-state index is -0.544. The smallest absolute Gasteiger partial charge is 0.343 e. The number of nitrogens with two attached hydrogens (primary N) is 2. The van der Waals surface area contributed by atoms with Crippen LogP contribution in [0.3, 0.4) is 0 Å². The van der Waals surface area contributed by atoms with E-state index in [0.717, 1.165) is 11.3 Å². The molecule has 104 valence electrons. The van der Waals surface area contributed by atoms with Crippen LogP contribution in [0.2, 0.25) is 8.67 Å². The Morgan fingerprint density at radius 2 is 1.85 bits per heavy atom. The molecule has 5 nitrogen and oxygen atoms in total. The molecule has 0 unspecified atom stereocenters. The summed E-state index contributed by atoms with van der Waals surface area (Å²) in [6.07, 6.45) is 0. The van der Waals surface area contributed by atoms with Crippen LogP contribution in [0.1, 0.15) is 10.4 Å². The van der Waals surface area contributed by atoms with Gasteiger partial charge < -0.3 is 16.2 Å². The molecule has 0 fully saturated rings. The van der Waals surface area contributed by atoms with E-state index >= 15 is 0 Å². The van der Waals surface area contributed by atoms with Crippen molar-refractivity contribution >= 4 is 52.2 Å².